The van der Waals surface area contributed by atoms with Crippen molar-refractivity contribution in [2.45, 2.75) is 64.7 Å². The molecule has 2 aliphatic heterocycles. The molecule has 0 radical (unpaired) electrons. The smallest absolute Gasteiger partial charge is 0.222 e. The molecule has 5 heteroatoms. The van der Waals surface area contributed by atoms with Crippen LogP contribution in [-0.4, -0.2) is 60.9 Å². The third-order valence-electron chi connectivity index (χ3n) is 6.01. The van der Waals surface area contributed by atoms with E-state index in [9.17, 15) is 4.79 Å². The van der Waals surface area contributed by atoms with Gasteiger partial charge in [-0.25, -0.2) is 0 Å². The van der Waals surface area contributed by atoms with Crippen LogP contribution in [0.1, 0.15) is 64.7 Å². The van der Waals surface area contributed by atoms with Crippen molar-refractivity contribution in [2.75, 3.05) is 39.3 Å². The van der Waals surface area contributed by atoms with E-state index in [0.29, 0.717) is 11.3 Å². The molecule has 1 amide bonds. The fourth-order valence-electron chi connectivity index (χ4n) is 4.64. The molecule has 0 unspecified atom stereocenters. The topological polar surface area (TPSA) is 47.9 Å². The minimum atomic E-state index is 0.324. The molecule has 1 N–H and O–H groups in total. The van der Waals surface area contributed by atoms with E-state index in [4.69, 9.17) is 4.99 Å². The molecule has 0 aromatic carbocycles. The number of aliphatic imine (C=N–C) groups is 1. The maximum Gasteiger partial charge on any atom is 0.222 e. The summed E-state index contributed by atoms with van der Waals surface area (Å²) in [6.07, 6.45) is 11.1. The van der Waals surface area contributed by atoms with Gasteiger partial charge in [0.2, 0.25) is 5.91 Å². The molecule has 5 nitrogen and oxygen atoms in total. The summed E-state index contributed by atoms with van der Waals surface area (Å²) in [5.74, 6) is 1.41. The highest BCUT2D eigenvalue weighted by Gasteiger charge is 2.39. The summed E-state index contributed by atoms with van der Waals surface area (Å²) in [5.41, 5.74) is 0.566. The summed E-state index contributed by atoms with van der Waals surface area (Å²) >= 11 is 0. The first-order chi connectivity index (χ1) is 11.7. The SMILES string of the molecule is CCNC(=NCCCN1CCCC1=O)N1CCC2(CCCCC2)C1. The number of likely N-dealkylation sites (tertiary alicyclic amines) is 2. The summed E-state index contributed by atoms with van der Waals surface area (Å²) in [5, 5.41) is 3.48. The van der Waals surface area contributed by atoms with E-state index in [1.165, 1.54) is 45.1 Å². The molecule has 0 bridgehead atoms. The molecule has 3 rings (SSSR count). The van der Waals surface area contributed by atoms with Crippen molar-refractivity contribution < 1.29 is 4.79 Å². The molecule has 3 fully saturated rings. The Morgan fingerprint density at radius 2 is 2.00 bits per heavy atom. The minimum Gasteiger partial charge on any atom is -0.357 e. The lowest BCUT2D eigenvalue weighted by atomic mass is 9.73. The Morgan fingerprint density at radius 1 is 1.17 bits per heavy atom. The third-order valence-corrected chi connectivity index (χ3v) is 6.01. The van der Waals surface area contributed by atoms with Crippen molar-refractivity contribution >= 4 is 11.9 Å². The molecular formula is C19H34N4O. The summed E-state index contributed by atoms with van der Waals surface area (Å²) in [7, 11) is 0. The summed E-state index contributed by atoms with van der Waals surface area (Å²) in [4.78, 5) is 21.0. The number of amides is 1. The second-order valence-corrected chi connectivity index (χ2v) is 7.81. The fraction of sp³-hybridized carbons (Fsp3) is 0.895. The number of carbonyl (C=O) groups excluding carboxylic acids is 1. The monoisotopic (exact) mass is 334 g/mol. The Hall–Kier alpha value is -1.26. The Labute approximate surface area is 146 Å². The van der Waals surface area contributed by atoms with E-state index in [0.717, 1.165) is 57.9 Å². The van der Waals surface area contributed by atoms with Crippen molar-refractivity contribution in [3.05, 3.63) is 0 Å². The van der Waals surface area contributed by atoms with Crippen LogP contribution in [0, 0.1) is 5.41 Å². The van der Waals surface area contributed by atoms with Crippen molar-refractivity contribution in [2.24, 2.45) is 10.4 Å². The Kier molecular flexibility index (Phi) is 6.01. The predicted octanol–water partition coefficient (Wildman–Crippen LogP) is 2.62. The quantitative estimate of drug-likeness (QED) is 0.478. The van der Waals surface area contributed by atoms with Gasteiger partial charge in [-0.3, -0.25) is 9.79 Å². The summed E-state index contributed by atoms with van der Waals surface area (Å²) in [6, 6.07) is 0. The molecule has 24 heavy (non-hydrogen) atoms. The lowest BCUT2D eigenvalue weighted by Gasteiger charge is -2.33. The van der Waals surface area contributed by atoms with Crippen molar-refractivity contribution in [3.63, 3.8) is 0 Å². The van der Waals surface area contributed by atoms with Crippen LogP contribution in [0.5, 0.6) is 0 Å². The van der Waals surface area contributed by atoms with Gasteiger partial charge in [0.15, 0.2) is 5.96 Å². The maximum absolute atomic E-state index is 11.7. The standard InChI is InChI=1S/C19H34N4O/c1-2-20-18(21-12-7-14-22-13-6-8-17(22)24)23-15-11-19(16-23)9-4-3-5-10-19/h2-16H2,1H3,(H,20,21). The Morgan fingerprint density at radius 3 is 2.71 bits per heavy atom. The second kappa shape index (κ2) is 8.21. The van der Waals surface area contributed by atoms with Gasteiger partial charge in [0.25, 0.3) is 0 Å². The van der Waals surface area contributed by atoms with Gasteiger partial charge in [0.05, 0.1) is 0 Å². The van der Waals surface area contributed by atoms with E-state index in [1.807, 2.05) is 4.90 Å². The molecule has 1 saturated carbocycles. The van der Waals surface area contributed by atoms with Crippen LogP contribution in [0.3, 0.4) is 0 Å². The van der Waals surface area contributed by atoms with Crippen LogP contribution in [0.15, 0.2) is 4.99 Å². The number of guanidine groups is 1. The van der Waals surface area contributed by atoms with Gasteiger partial charge in [-0.15, -0.1) is 0 Å². The van der Waals surface area contributed by atoms with Gasteiger partial charge in [-0.05, 0) is 44.4 Å². The number of carbonyl (C=O) groups is 1. The lowest BCUT2D eigenvalue weighted by molar-refractivity contribution is -0.127. The van der Waals surface area contributed by atoms with Gasteiger partial charge < -0.3 is 15.1 Å². The minimum absolute atomic E-state index is 0.324. The highest BCUT2D eigenvalue weighted by molar-refractivity contribution is 5.80. The largest absolute Gasteiger partial charge is 0.357 e. The van der Waals surface area contributed by atoms with Crippen LogP contribution in [-0.2, 0) is 4.79 Å². The first-order valence-corrected chi connectivity index (χ1v) is 10.0. The van der Waals surface area contributed by atoms with Crippen molar-refractivity contribution in [1.82, 2.24) is 15.1 Å². The van der Waals surface area contributed by atoms with E-state index in [2.05, 4.69) is 17.1 Å². The zero-order valence-corrected chi connectivity index (χ0v) is 15.4. The van der Waals surface area contributed by atoms with Crippen LogP contribution in [0.25, 0.3) is 0 Å². The first kappa shape index (κ1) is 17.6. The average molecular weight is 335 g/mol. The Balaban J connectivity index is 1.49. The van der Waals surface area contributed by atoms with E-state index < -0.39 is 0 Å². The van der Waals surface area contributed by atoms with Crippen LogP contribution >= 0.6 is 0 Å². The molecule has 2 saturated heterocycles. The van der Waals surface area contributed by atoms with E-state index in [-0.39, 0.29) is 0 Å². The van der Waals surface area contributed by atoms with Crippen LogP contribution < -0.4 is 5.32 Å². The molecule has 1 aliphatic carbocycles. The average Bonchev–Trinajstić information content (AvgIpc) is 3.18. The molecule has 0 atom stereocenters. The molecule has 1 spiro atoms. The molecule has 0 aromatic heterocycles. The van der Waals surface area contributed by atoms with Crippen LogP contribution in [0.2, 0.25) is 0 Å². The summed E-state index contributed by atoms with van der Waals surface area (Å²) in [6.45, 7) is 8.02. The van der Waals surface area contributed by atoms with Gasteiger partial charge in [-0.2, -0.15) is 0 Å². The highest BCUT2D eigenvalue weighted by atomic mass is 16.2. The first-order valence-electron chi connectivity index (χ1n) is 10.0. The molecule has 136 valence electrons. The molecule has 0 aromatic rings. The number of nitrogens with one attached hydrogen (secondary N) is 1. The van der Waals surface area contributed by atoms with Crippen LogP contribution in [0.4, 0.5) is 0 Å². The zero-order valence-electron chi connectivity index (χ0n) is 15.4. The fourth-order valence-corrected chi connectivity index (χ4v) is 4.64. The maximum atomic E-state index is 11.7. The normalized spacial score (nSPS) is 24.2. The summed E-state index contributed by atoms with van der Waals surface area (Å²) < 4.78 is 0. The zero-order chi connectivity index (χ0) is 16.8. The van der Waals surface area contributed by atoms with Gasteiger partial charge in [0.1, 0.15) is 0 Å². The van der Waals surface area contributed by atoms with E-state index in [1.54, 1.807) is 0 Å². The highest BCUT2D eigenvalue weighted by Crippen LogP contribution is 2.43. The number of rotatable bonds is 5. The van der Waals surface area contributed by atoms with Crippen molar-refractivity contribution in [3.8, 4) is 0 Å². The number of nitrogens with zero attached hydrogens (tertiary/aromatic N) is 3. The van der Waals surface area contributed by atoms with Gasteiger partial charge in [-0.1, -0.05) is 19.3 Å². The Bertz CT molecular complexity index is 456. The van der Waals surface area contributed by atoms with E-state index >= 15 is 0 Å². The number of hydrogen-bond acceptors (Lipinski definition) is 2. The number of hydrogen-bond donors (Lipinski definition) is 1. The van der Waals surface area contributed by atoms with Gasteiger partial charge in [0, 0.05) is 45.7 Å². The third kappa shape index (κ3) is 4.22. The lowest BCUT2D eigenvalue weighted by Crippen LogP contribution is -2.41. The second-order valence-electron chi connectivity index (χ2n) is 7.81. The predicted molar refractivity (Wildman–Crippen MR) is 98.1 cm³/mol. The molecular weight excluding hydrogens is 300 g/mol. The van der Waals surface area contributed by atoms with Gasteiger partial charge >= 0.3 is 0 Å². The molecule has 2 heterocycles. The molecule has 3 aliphatic rings. The van der Waals surface area contributed by atoms with Crippen molar-refractivity contribution in [1.29, 1.82) is 0 Å².